The quantitative estimate of drug-likeness (QED) is 0.766. The summed E-state index contributed by atoms with van der Waals surface area (Å²) in [5.74, 6) is -0.0493. The summed E-state index contributed by atoms with van der Waals surface area (Å²) in [4.78, 5) is 32.0. The van der Waals surface area contributed by atoms with Gasteiger partial charge in [-0.05, 0) is 55.9 Å². The van der Waals surface area contributed by atoms with Crippen molar-refractivity contribution in [3.05, 3.63) is 52.5 Å². The van der Waals surface area contributed by atoms with Crippen molar-refractivity contribution in [1.82, 2.24) is 20.5 Å². The highest BCUT2D eigenvalue weighted by molar-refractivity contribution is 7.12. The molecule has 0 aromatic carbocycles. The fraction of sp³-hybridized carbons (Fsp3) is 0.450. The second-order valence-electron chi connectivity index (χ2n) is 6.66. The van der Waals surface area contributed by atoms with Crippen molar-refractivity contribution >= 4 is 23.2 Å². The zero-order valence-electron chi connectivity index (χ0n) is 15.4. The highest BCUT2D eigenvalue weighted by atomic mass is 32.1. The number of nitrogens with zero attached hydrogens (tertiary/aromatic N) is 2. The average Bonchev–Trinajstić information content (AvgIpc) is 3.10. The maximum Gasteiger partial charge on any atom is 0.261 e. The number of hydrogen-bond donors (Lipinski definition) is 2. The molecule has 6 nitrogen and oxygen atoms in total. The molecule has 0 spiro atoms. The summed E-state index contributed by atoms with van der Waals surface area (Å²) < 4.78 is 0. The normalized spacial score (nSPS) is 17.1. The summed E-state index contributed by atoms with van der Waals surface area (Å²) in [6.45, 7) is 2.78. The van der Waals surface area contributed by atoms with E-state index in [0.29, 0.717) is 24.4 Å². The number of rotatable bonds is 7. The summed E-state index contributed by atoms with van der Waals surface area (Å²) >= 11 is 1.40. The highest BCUT2D eigenvalue weighted by Gasteiger charge is 2.25. The molecule has 0 radical (unpaired) electrons. The van der Waals surface area contributed by atoms with Crippen molar-refractivity contribution < 1.29 is 9.59 Å². The predicted molar refractivity (Wildman–Crippen MR) is 107 cm³/mol. The van der Waals surface area contributed by atoms with Gasteiger partial charge in [0.15, 0.2) is 0 Å². The van der Waals surface area contributed by atoms with Gasteiger partial charge < -0.3 is 15.5 Å². The first-order valence-corrected chi connectivity index (χ1v) is 10.3. The van der Waals surface area contributed by atoms with Gasteiger partial charge in [0.1, 0.15) is 0 Å². The molecule has 3 rings (SSSR count). The standard InChI is InChI=1S/C20H26N4O2S/c25-19(9-13-23-20(26)18-7-4-14-27-18)24(15-16-5-1-2-11-22-16)17-6-3-10-21-12-8-17/h1-2,4-5,7,11,14,17,21H,3,6,8-10,12-13,15H2,(H,23,26). The van der Waals surface area contributed by atoms with Crippen molar-refractivity contribution in [3.63, 3.8) is 0 Å². The molecule has 0 aliphatic carbocycles. The van der Waals surface area contributed by atoms with E-state index in [2.05, 4.69) is 15.6 Å². The SMILES string of the molecule is O=C(NCCC(=O)N(Cc1ccccn1)C1CCCNCC1)c1cccs1. The minimum Gasteiger partial charge on any atom is -0.351 e. The van der Waals surface area contributed by atoms with Crippen LogP contribution in [-0.2, 0) is 11.3 Å². The second-order valence-corrected chi connectivity index (χ2v) is 7.61. The lowest BCUT2D eigenvalue weighted by Gasteiger charge is -2.31. The molecular formula is C20H26N4O2S. The fourth-order valence-corrected chi connectivity index (χ4v) is 3.96. The lowest BCUT2D eigenvalue weighted by molar-refractivity contribution is -0.134. The van der Waals surface area contributed by atoms with Gasteiger partial charge in [-0.15, -0.1) is 11.3 Å². The number of pyridine rings is 1. The van der Waals surface area contributed by atoms with Crippen molar-refractivity contribution in [2.24, 2.45) is 0 Å². The first kappa shape index (κ1) is 19.5. The van der Waals surface area contributed by atoms with E-state index in [1.54, 1.807) is 12.3 Å². The largest absolute Gasteiger partial charge is 0.351 e. The molecule has 3 heterocycles. The number of aromatic nitrogens is 1. The summed E-state index contributed by atoms with van der Waals surface area (Å²) in [7, 11) is 0. The van der Waals surface area contributed by atoms with Crippen LogP contribution in [0, 0.1) is 0 Å². The zero-order valence-corrected chi connectivity index (χ0v) is 16.2. The highest BCUT2D eigenvalue weighted by Crippen LogP contribution is 2.17. The zero-order chi connectivity index (χ0) is 18.9. The molecular weight excluding hydrogens is 360 g/mol. The minimum absolute atomic E-state index is 0.0685. The summed E-state index contributed by atoms with van der Waals surface area (Å²) in [5, 5.41) is 8.11. The summed E-state index contributed by atoms with van der Waals surface area (Å²) in [5.41, 5.74) is 0.894. The van der Waals surface area contributed by atoms with Crippen LogP contribution in [0.25, 0.3) is 0 Å². The van der Waals surface area contributed by atoms with Crippen LogP contribution in [0.5, 0.6) is 0 Å². The molecule has 2 aromatic rings. The van der Waals surface area contributed by atoms with E-state index in [1.807, 2.05) is 34.5 Å². The number of carbonyl (C=O) groups is 2. The Morgan fingerprint density at radius 2 is 2.15 bits per heavy atom. The Morgan fingerprint density at radius 1 is 1.22 bits per heavy atom. The molecule has 0 bridgehead atoms. The van der Waals surface area contributed by atoms with Crippen LogP contribution in [0.3, 0.4) is 0 Å². The molecule has 1 saturated heterocycles. The maximum atomic E-state index is 13.0. The van der Waals surface area contributed by atoms with Gasteiger partial charge in [0.05, 0.1) is 17.1 Å². The summed E-state index contributed by atoms with van der Waals surface area (Å²) in [6, 6.07) is 9.62. The van der Waals surface area contributed by atoms with Gasteiger partial charge in [-0.25, -0.2) is 0 Å². The number of hydrogen-bond acceptors (Lipinski definition) is 5. The van der Waals surface area contributed by atoms with E-state index >= 15 is 0 Å². The van der Waals surface area contributed by atoms with Crippen molar-refractivity contribution in [3.8, 4) is 0 Å². The first-order valence-electron chi connectivity index (χ1n) is 9.46. The second kappa shape index (κ2) is 10.2. The lowest BCUT2D eigenvalue weighted by Crippen LogP contribution is -2.42. The van der Waals surface area contributed by atoms with E-state index in [0.717, 1.165) is 38.0 Å². The van der Waals surface area contributed by atoms with Gasteiger partial charge in [-0.1, -0.05) is 12.1 Å². The molecule has 1 aliphatic rings. The molecule has 1 atom stereocenters. The monoisotopic (exact) mass is 386 g/mol. The van der Waals surface area contributed by atoms with Gasteiger partial charge in [-0.3, -0.25) is 14.6 Å². The van der Waals surface area contributed by atoms with Crippen LogP contribution in [0.2, 0.25) is 0 Å². The number of thiophene rings is 1. The van der Waals surface area contributed by atoms with Crippen LogP contribution in [-0.4, -0.2) is 47.4 Å². The molecule has 1 unspecified atom stereocenters. The number of nitrogens with one attached hydrogen (secondary N) is 2. The van der Waals surface area contributed by atoms with E-state index < -0.39 is 0 Å². The molecule has 2 N–H and O–H groups in total. The minimum atomic E-state index is -0.118. The van der Waals surface area contributed by atoms with Crippen LogP contribution < -0.4 is 10.6 Å². The van der Waals surface area contributed by atoms with Gasteiger partial charge >= 0.3 is 0 Å². The number of carbonyl (C=O) groups excluding carboxylic acids is 2. The third-order valence-electron chi connectivity index (χ3n) is 4.73. The van der Waals surface area contributed by atoms with E-state index in [4.69, 9.17) is 0 Å². The molecule has 1 aliphatic heterocycles. The van der Waals surface area contributed by atoms with Gasteiger partial charge in [-0.2, -0.15) is 0 Å². The Labute approximate surface area is 164 Å². The van der Waals surface area contributed by atoms with Crippen LogP contribution in [0.1, 0.15) is 41.0 Å². The molecule has 27 heavy (non-hydrogen) atoms. The smallest absolute Gasteiger partial charge is 0.261 e. The van der Waals surface area contributed by atoms with Crippen molar-refractivity contribution in [2.45, 2.75) is 38.3 Å². The molecule has 2 amide bonds. The van der Waals surface area contributed by atoms with Gasteiger partial charge in [0.2, 0.25) is 5.91 Å². The maximum absolute atomic E-state index is 13.0. The third-order valence-corrected chi connectivity index (χ3v) is 5.60. The topological polar surface area (TPSA) is 74.3 Å². The summed E-state index contributed by atoms with van der Waals surface area (Å²) in [6.07, 6.45) is 5.06. The van der Waals surface area contributed by atoms with Gasteiger partial charge in [0, 0.05) is 25.2 Å². The van der Waals surface area contributed by atoms with E-state index in [-0.39, 0.29) is 17.9 Å². The van der Waals surface area contributed by atoms with Crippen molar-refractivity contribution in [1.29, 1.82) is 0 Å². The Morgan fingerprint density at radius 3 is 2.93 bits per heavy atom. The molecule has 144 valence electrons. The van der Waals surface area contributed by atoms with Crippen LogP contribution in [0.4, 0.5) is 0 Å². The van der Waals surface area contributed by atoms with Crippen LogP contribution >= 0.6 is 11.3 Å². The third kappa shape index (κ3) is 5.87. The van der Waals surface area contributed by atoms with Gasteiger partial charge in [0.25, 0.3) is 5.91 Å². The molecule has 1 fully saturated rings. The van der Waals surface area contributed by atoms with Crippen molar-refractivity contribution in [2.75, 3.05) is 19.6 Å². The Balaban J connectivity index is 1.60. The molecule has 0 saturated carbocycles. The van der Waals surface area contributed by atoms with E-state index in [9.17, 15) is 9.59 Å². The van der Waals surface area contributed by atoms with Crippen LogP contribution in [0.15, 0.2) is 41.9 Å². The average molecular weight is 387 g/mol. The lowest BCUT2D eigenvalue weighted by atomic mass is 10.1. The molecule has 2 aromatic heterocycles. The number of amides is 2. The fourth-order valence-electron chi connectivity index (χ4n) is 3.32. The Hall–Kier alpha value is -2.25. The Bertz CT molecular complexity index is 713. The first-order chi connectivity index (χ1) is 13.2. The molecule has 7 heteroatoms. The Kier molecular flexibility index (Phi) is 7.36. The van der Waals surface area contributed by atoms with E-state index in [1.165, 1.54) is 11.3 Å². The predicted octanol–water partition coefficient (Wildman–Crippen LogP) is 2.43.